The van der Waals surface area contributed by atoms with Crippen molar-refractivity contribution in [3.8, 4) is 0 Å². The molecule has 0 radical (unpaired) electrons. The molecule has 0 aliphatic rings. The largest absolute Gasteiger partial charge is 0.389 e. The summed E-state index contributed by atoms with van der Waals surface area (Å²) in [6.45, 7) is 2.13. The Morgan fingerprint density at radius 2 is 1.75 bits per heavy atom. The van der Waals surface area contributed by atoms with Crippen LogP contribution in [0, 0.1) is 0 Å². The Bertz CT molecular complexity index is 610. The molecular formula is C16H17ClN2S. The van der Waals surface area contributed by atoms with Gasteiger partial charge in [0.25, 0.3) is 0 Å². The van der Waals surface area contributed by atoms with E-state index in [0.29, 0.717) is 4.99 Å². The van der Waals surface area contributed by atoms with Gasteiger partial charge in [-0.05, 0) is 42.8 Å². The van der Waals surface area contributed by atoms with Gasteiger partial charge in [0.15, 0.2) is 0 Å². The number of anilines is 1. The molecule has 0 aromatic heterocycles. The molecule has 2 rings (SSSR count). The van der Waals surface area contributed by atoms with E-state index in [4.69, 9.17) is 29.6 Å². The van der Waals surface area contributed by atoms with E-state index >= 15 is 0 Å². The normalized spacial score (nSPS) is 11.9. The zero-order valence-corrected chi connectivity index (χ0v) is 13.1. The van der Waals surface area contributed by atoms with E-state index in [-0.39, 0.29) is 6.04 Å². The van der Waals surface area contributed by atoms with Crippen LogP contribution in [0.1, 0.15) is 24.1 Å². The van der Waals surface area contributed by atoms with Crippen molar-refractivity contribution in [1.82, 2.24) is 0 Å². The summed E-state index contributed by atoms with van der Waals surface area (Å²) in [7, 11) is 2.05. The van der Waals surface area contributed by atoms with Gasteiger partial charge in [-0.3, -0.25) is 0 Å². The molecule has 0 amide bonds. The molecule has 0 heterocycles. The predicted molar refractivity (Wildman–Crippen MR) is 90.6 cm³/mol. The van der Waals surface area contributed by atoms with Crippen LogP contribution in [0.4, 0.5) is 5.69 Å². The standard InChI is InChI=1S/C16H17ClN2S/c1-11(14-5-3-4-6-15(14)17)19(2)13-9-7-12(8-10-13)16(18)20/h3-11H,1-2H3,(H2,18,20). The van der Waals surface area contributed by atoms with Crippen LogP contribution in [0.5, 0.6) is 0 Å². The number of thiocarbonyl (C=S) groups is 1. The average molecular weight is 305 g/mol. The van der Waals surface area contributed by atoms with E-state index in [9.17, 15) is 0 Å². The Balaban J connectivity index is 2.24. The van der Waals surface area contributed by atoms with Crippen molar-refractivity contribution >= 4 is 34.5 Å². The highest BCUT2D eigenvalue weighted by atomic mass is 35.5. The summed E-state index contributed by atoms with van der Waals surface area (Å²) in [6.07, 6.45) is 0. The van der Waals surface area contributed by atoms with Crippen LogP contribution >= 0.6 is 23.8 Å². The van der Waals surface area contributed by atoms with Crippen LogP contribution in [-0.2, 0) is 0 Å². The summed E-state index contributed by atoms with van der Waals surface area (Å²) in [5.41, 5.74) is 8.69. The molecule has 0 saturated heterocycles. The molecule has 0 aliphatic carbocycles. The van der Waals surface area contributed by atoms with Crippen molar-refractivity contribution < 1.29 is 0 Å². The van der Waals surface area contributed by atoms with Gasteiger partial charge in [0.05, 0.1) is 6.04 Å². The van der Waals surface area contributed by atoms with Gasteiger partial charge in [-0.15, -0.1) is 0 Å². The predicted octanol–water partition coefficient (Wildman–Crippen LogP) is 4.17. The highest BCUT2D eigenvalue weighted by Crippen LogP contribution is 2.29. The first-order valence-corrected chi connectivity index (χ1v) is 7.16. The topological polar surface area (TPSA) is 29.3 Å². The number of nitrogens with two attached hydrogens (primary N) is 1. The van der Waals surface area contributed by atoms with E-state index in [1.165, 1.54) is 0 Å². The van der Waals surface area contributed by atoms with E-state index in [2.05, 4.69) is 11.8 Å². The van der Waals surface area contributed by atoms with Crippen molar-refractivity contribution in [2.75, 3.05) is 11.9 Å². The fraction of sp³-hybridized carbons (Fsp3) is 0.188. The van der Waals surface area contributed by atoms with E-state index in [0.717, 1.165) is 21.8 Å². The van der Waals surface area contributed by atoms with Gasteiger partial charge in [-0.1, -0.05) is 42.0 Å². The highest BCUT2D eigenvalue weighted by Gasteiger charge is 2.14. The minimum Gasteiger partial charge on any atom is -0.389 e. The molecule has 0 fully saturated rings. The third-order valence-corrected chi connectivity index (χ3v) is 4.08. The molecule has 0 aliphatic heterocycles. The molecular weight excluding hydrogens is 288 g/mol. The SMILES string of the molecule is CC(c1ccccc1Cl)N(C)c1ccc(C(N)=S)cc1. The number of hydrogen-bond acceptors (Lipinski definition) is 2. The van der Waals surface area contributed by atoms with E-state index < -0.39 is 0 Å². The molecule has 2 aromatic rings. The van der Waals surface area contributed by atoms with Gasteiger partial charge in [0.2, 0.25) is 0 Å². The van der Waals surface area contributed by atoms with E-state index in [1.807, 2.05) is 55.6 Å². The maximum atomic E-state index is 6.26. The second-order valence-corrected chi connectivity index (χ2v) is 5.57. The van der Waals surface area contributed by atoms with Crippen LogP contribution in [0.15, 0.2) is 48.5 Å². The van der Waals surface area contributed by atoms with Gasteiger partial charge in [-0.2, -0.15) is 0 Å². The first-order valence-electron chi connectivity index (χ1n) is 6.38. The number of hydrogen-bond donors (Lipinski definition) is 1. The lowest BCUT2D eigenvalue weighted by Gasteiger charge is -2.28. The smallest absolute Gasteiger partial charge is 0.103 e. The second kappa shape index (κ2) is 6.25. The Hall–Kier alpha value is -1.58. The van der Waals surface area contributed by atoms with Gasteiger partial charge in [-0.25, -0.2) is 0 Å². The van der Waals surface area contributed by atoms with Crippen LogP contribution in [-0.4, -0.2) is 12.0 Å². The van der Waals surface area contributed by atoms with Gasteiger partial charge >= 0.3 is 0 Å². The van der Waals surface area contributed by atoms with Crippen LogP contribution in [0.3, 0.4) is 0 Å². The Kier molecular flexibility index (Phi) is 4.63. The molecule has 1 unspecified atom stereocenters. The maximum absolute atomic E-state index is 6.26. The Labute approximate surface area is 130 Å². The number of halogens is 1. The molecule has 0 saturated carbocycles. The Morgan fingerprint density at radius 1 is 1.15 bits per heavy atom. The van der Waals surface area contributed by atoms with Gasteiger partial charge in [0, 0.05) is 23.3 Å². The summed E-state index contributed by atoms with van der Waals surface area (Å²) in [5, 5.41) is 0.784. The van der Waals surface area contributed by atoms with Crippen molar-refractivity contribution in [2.24, 2.45) is 5.73 Å². The zero-order valence-electron chi connectivity index (χ0n) is 11.5. The molecule has 0 bridgehead atoms. The fourth-order valence-corrected chi connectivity index (χ4v) is 2.54. The van der Waals surface area contributed by atoms with E-state index in [1.54, 1.807) is 0 Å². The molecule has 0 spiro atoms. The lowest BCUT2D eigenvalue weighted by Crippen LogP contribution is -2.22. The Morgan fingerprint density at radius 3 is 2.30 bits per heavy atom. The van der Waals surface area contributed by atoms with Crippen molar-refractivity contribution in [3.05, 3.63) is 64.7 Å². The third-order valence-electron chi connectivity index (χ3n) is 3.50. The van der Waals surface area contributed by atoms with Crippen LogP contribution in [0.2, 0.25) is 5.02 Å². The first-order chi connectivity index (χ1) is 9.50. The highest BCUT2D eigenvalue weighted by molar-refractivity contribution is 7.80. The maximum Gasteiger partial charge on any atom is 0.103 e. The summed E-state index contributed by atoms with van der Waals surface area (Å²) in [4.78, 5) is 2.59. The number of rotatable bonds is 4. The monoisotopic (exact) mass is 304 g/mol. The van der Waals surface area contributed by atoms with Crippen molar-refractivity contribution in [3.63, 3.8) is 0 Å². The summed E-state index contributed by atoms with van der Waals surface area (Å²) >= 11 is 11.2. The lowest BCUT2D eigenvalue weighted by atomic mass is 10.1. The molecule has 20 heavy (non-hydrogen) atoms. The molecule has 4 heteroatoms. The fourth-order valence-electron chi connectivity index (χ4n) is 2.11. The van der Waals surface area contributed by atoms with Crippen molar-refractivity contribution in [1.29, 1.82) is 0 Å². The summed E-state index contributed by atoms with van der Waals surface area (Å²) in [5.74, 6) is 0. The van der Waals surface area contributed by atoms with Crippen molar-refractivity contribution in [2.45, 2.75) is 13.0 Å². The summed E-state index contributed by atoms with van der Waals surface area (Å²) < 4.78 is 0. The summed E-state index contributed by atoms with van der Waals surface area (Å²) in [6, 6.07) is 16.0. The zero-order chi connectivity index (χ0) is 14.7. The quantitative estimate of drug-likeness (QED) is 0.860. The van der Waals surface area contributed by atoms with Gasteiger partial charge in [0.1, 0.15) is 4.99 Å². The second-order valence-electron chi connectivity index (χ2n) is 4.72. The number of nitrogens with zero attached hydrogens (tertiary/aromatic N) is 1. The molecule has 2 N–H and O–H groups in total. The van der Waals surface area contributed by atoms with Crippen LogP contribution in [0.25, 0.3) is 0 Å². The minimum absolute atomic E-state index is 0.180. The average Bonchev–Trinajstić information content (AvgIpc) is 2.46. The van der Waals surface area contributed by atoms with Gasteiger partial charge < -0.3 is 10.6 Å². The number of benzene rings is 2. The molecule has 1 atom stereocenters. The molecule has 2 nitrogen and oxygen atoms in total. The third kappa shape index (κ3) is 3.11. The minimum atomic E-state index is 0.180. The lowest BCUT2D eigenvalue weighted by molar-refractivity contribution is 0.740. The molecule has 2 aromatic carbocycles. The molecule has 104 valence electrons. The van der Waals surface area contributed by atoms with Crippen LogP contribution < -0.4 is 10.6 Å². The first kappa shape index (κ1) is 14.8.